The fourth-order valence-corrected chi connectivity index (χ4v) is 2.55. The summed E-state index contributed by atoms with van der Waals surface area (Å²) in [6.45, 7) is 9.38. The molecule has 1 saturated carbocycles. The lowest BCUT2D eigenvalue weighted by Gasteiger charge is -2.34. The Kier molecular flexibility index (Phi) is 2.89. The first-order valence-electron chi connectivity index (χ1n) is 6.35. The fourth-order valence-electron chi connectivity index (χ4n) is 2.55. The molecule has 0 aromatic carbocycles. The van der Waals surface area contributed by atoms with Gasteiger partial charge in [-0.1, -0.05) is 6.92 Å². The van der Waals surface area contributed by atoms with Crippen molar-refractivity contribution >= 4 is 6.09 Å². The summed E-state index contributed by atoms with van der Waals surface area (Å²) in [6, 6.07) is 0. The molecule has 1 N–H and O–H groups in total. The number of nitrogens with one attached hydrogen (secondary N) is 1. The van der Waals surface area contributed by atoms with Crippen LogP contribution in [0, 0.1) is 5.41 Å². The van der Waals surface area contributed by atoms with Gasteiger partial charge in [0.2, 0.25) is 0 Å². The fraction of sp³-hybridized carbons (Fsp3) is 0.923. The molecule has 0 bridgehead atoms. The molecule has 1 amide bonds. The molecule has 17 heavy (non-hydrogen) atoms. The molecule has 1 heterocycles. The second-order valence-corrected chi connectivity index (χ2v) is 6.57. The molecule has 2 fully saturated rings. The molecular formula is C13H23NO3. The van der Waals surface area contributed by atoms with Crippen LogP contribution < -0.4 is 5.32 Å². The lowest BCUT2D eigenvalue weighted by atomic mass is 9.79. The Morgan fingerprint density at radius 2 is 1.94 bits per heavy atom. The van der Waals surface area contributed by atoms with Gasteiger partial charge in [-0.15, -0.1) is 0 Å². The van der Waals surface area contributed by atoms with E-state index in [-0.39, 0.29) is 17.0 Å². The molecule has 1 saturated heterocycles. The average Bonchev–Trinajstić information content (AvgIpc) is 2.78. The number of carbonyl (C=O) groups excluding carboxylic acids is 1. The van der Waals surface area contributed by atoms with E-state index in [1.54, 1.807) is 0 Å². The van der Waals surface area contributed by atoms with Gasteiger partial charge >= 0.3 is 6.09 Å². The number of hydrogen-bond acceptors (Lipinski definition) is 3. The number of carbonyl (C=O) groups is 1. The Morgan fingerprint density at radius 3 is 2.35 bits per heavy atom. The van der Waals surface area contributed by atoms with Gasteiger partial charge < -0.3 is 14.8 Å². The Bertz CT molecular complexity index is 309. The van der Waals surface area contributed by atoms with Crippen molar-refractivity contribution < 1.29 is 14.3 Å². The van der Waals surface area contributed by atoms with Crippen molar-refractivity contribution in [2.24, 2.45) is 5.41 Å². The smallest absolute Gasteiger partial charge is 0.408 e. The maximum Gasteiger partial charge on any atom is 0.408 e. The normalized spacial score (nSPS) is 31.1. The molecule has 1 unspecified atom stereocenters. The predicted octanol–water partition coefficient (Wildman–Crippen LogP) is 2.47. The van der Waals surface area contributed by atoms with Crippen molar-refractivity contribution in [3.8, 4) is 0 Å². The van der Waals surface area contributed by atoms with Crippen LogP contribution in [0.3, 0.4) is 0 Å². The summed E-state index contributed by atoms with van der Waals surface area (Å²) in [5, 5.41) is 3.07. The van der Waals surface area contributed by atoms with Crippen LogP contribution in [0.15, 0.2) is 0 Å². The number of alkyl carbamates (subject to hydrolysis) is 1. The summed E-state index contributed by atoms with van der Waals surface area (Å²) in [6.07, 6.45) is 2.78. The summed E-state index contributed by atoms with van der Waals surface area (Å²) < 4.78 is 10.8. The Labute approximate surface area is 103 Å². The zero-order valence-corrected chi connectivity index (χ0v) is 11.3. The first kappa shape index (κ1) is 12.7. The largest absolute Gasteiger partial charge is 0.444 e. The number of ether oxygens (including phenoxy) is 2. The van der Waals surface area contributed by atoms with E-state index in [0.29, 0.717) is 0 Å². The highest BCUT2D eigenvalue weighted by Crippen LogP contribution is 2.53. The third-order valence-corrected chi connectivity index (χ3v) is 3.86. The molecule has 2 rings (SSSR count). The van der Waals surface area contributed by atoms with Crippen LogP contribution in [0.5, 0.6) is 0 Å². The first-order valence-corrected chi connectivity index (χ1v) is 6.35. The van der Waals surface area contributed by atoms with E-state index >= 15 is 0 Å². The SMILES string of the molecule is CC(C)(C)OC(=O)NC1(C2(C)CCOC2)CC1. The molecule has 0 aromatic rings. The van der Waals surface area contributed by atoms with Gasteiger partial charge in [-0.05, 0) is 40.0 Å². The quantitative estimate of drug-likeness (QED) is 0.808. The molecule has 0 spiro atoms. The van der Waals surface area contributed by atoms with Crippen molar-refractivity contribution in [1.29, 1.82) is 0 Å². The molecule has 4 nitrogen and oxygen atoms in total. The molecular weight excluding hydrogens is 218 g/mol. The minimum atomic E-state index is -0.437. The zero-order chi connectivity index (χ0) is 12.7. The van der Waals surface area contributed by atoms with Gasteiger partial charge in [-0.25, -0.2) is 4.79 Å². The van der Waals surface area contributed by atoms with Crippen LogP contribution in [0.1, 0.15) is 47.0 Å². The Hall–Kier alpha value is -0.770. The molecule has 0 radical (unpaired) electrons. The third-order valence-electron chi connectivity index (χ3n) is 3.86. The highest BCUT2D eigenvalue weighted by Gasteiger charge is 2.59. The molecule has 1 aliphatic carbocycles. The molecule has 2 aliphatic rings. The van der Waals surface area contributed by atoms with Gasteiger partial charge in [0.25, 0.3) is 0 Å². The minimum Gasteiger partial charge on any atom is -0.444 e. The van der Waals surface area contributed by atoms with Gasteiger partial charge in [-0.3, -0.25) is 0 Å². The summed E-state index contributed by atoms with van der Waals surface area (Å²) in [7, 11) is 0. The lowest BCUT2D eigenvalue weighted by molar-refractivity contribution is 0.0412. The molecule has 0 aromatic heterocycles. The van der Waals surface area contributed by atoms with Crippen LogP contribution in [0.25, 0.3) is 0 Å². The predicted molar refractivity (Wildman–Crippen MR) is 64.9 cm³/mol. The first-order chi connectivity index (χ1) is 7.77. The molecule has 1 aliphatic heterocycles. The topological polar surface area (TPSA) is 47.6 Å². The lowest BCUT2D eigenvalue weighted by Crippen LogP contribution is -2.50. The van der Waals surface area contributed by atoms with E-state index in [0.717, 1.165) is 32.5 Å². The van der Waals surface area contributed by atoms with Gasteiger partial charge in [-0.2, -0.15) is 0 Å². The van der Waals surface area contributed by atoms with Crippen LogP contribution in [-0.2, 0) is 9.47 Å². The van der Waals surface area contributed by atoms with E-state index in [1.165, 1.54) is 0 Å². The Morgan fingerprint density at radius 1 is 1.29 bits per heavy atom. The number of rotatable bonds is 2. The van der Waals surface area contributed by atoms with Crippen LogP contribution in [-0.4, -0.2) is 30.4 Å². The Balaban J connectivity index is 1.96. The molecule has 1 atom stereocenters. The van der Waals surface area contributed by atoms with Crippen molar-refractivity contribution in [2.75, 3.05) is 13.2 Å². The summed E-state index contributed by atoms with van der Waals surface area (Å²) in [4.78, 5) is 11.8. The van der Waals surface area contributed by atoms with E-state index in [4.69, 9.17) is 9.47 Å². The van der Waals surface area contributed by atoms with E-state index in [2.05, 4.69) is 12.2 Å². The van der Waals surface area contributed by atoms with Gasteiger partial charge in [0.05, 0.1) is 12.1 Å². The summed E-state index contributed by atoms with van der Waals surface area (Å²) in [5.41, 5.74) is -0.455. The summed E-state index contributed by atoms with van der Waals surface area (Å²) >= 11 is 0. The number of amides is 1. The van der Waals surface area contributed by atoms with Crippen molar-refractivity contribution in [1.82, 2.24) is 5.32 Å². The van der Waals surface area contributed by atoms with E-state index < -0.39 is 5.60 Å². The average molecular weight is 241 g/mol. The molecule has 98 valence electrons. The van der Waals surface area contributed by atoms with Crippen LogP contribution in [0.4, 0.5) is 4.79 Å². The highest BCUT2D eigenvalue weighted by atomic mass is 16.6. The second kappa shape index (κ2) is 3.87. The molecule has 4 heteroatoms. The maximum absolute atomic E-state index is 11.8. The van der Waals surface area contributed by atoms with E-state index in [1.807, 2.05) is 20.8 Å². The van der Waals surface area contributed by atoms with Crippen LogP contribution >= 0.6 is 0 Å². The minimum absolute atomic E-state index is 0.0733. The highest BCUT2D eigenvalue weighted by molar-refractivity contribution is 5.69. The second-order valence-electron chi connectivity index (χ2n) is 6.57. The maximum atomic E-state index is 11.8. The van der Waals surface area contributed by atoms with Crippen LogP contribution in [0.2, 0.25) is 0 Å². The zero-order valence-electron chi connectivity index (χ0n) is 11.3. The monoisotopic (exact) mass is 241 g/mol. The van der Waals surface area contributed by atoms with Gasteiger partial charge in [0.15, 0.2) is 0 Å². The third kappa shape index (κ3) is 2.57. The summed E-state index contributed by atoms with van der Waals surface area (Å²) in [5.74, 6) is 0. The van der Waals surface area contributed by atoms with Gasteiger partial charge in [0, 0.05) is 12.0 Å². The van der Waals surface area contributed by atoms with Gasteiger partial charge in [0.1, 0.15) is 5.60 Å². The van der Waals surface area contributed by atoms with Crippen molar-refractivity contribution in [3.63, 3.8) is 0 Å². The van der Waals surface area contributed by atoms with Crippen molar-refractivity contribution in [2.45, 2.75) is 58.1 Å². The number of hydrogen-bond donors (Lipinski definition) is 1. The standard InChI is InChI=1S/C13H23NO3/c1-11(2,3)17-10(15)14-13(5-6-13)12(4)7-8-16-9-12/h5-9H2,1-4H3,(H,14,15). The van der Waals surface area contributed by atoms with Crippen molar-refractivity contribution in [3.05, 3.63) is 0 Å². The van der Waals surface area contributed by atoms with E-state index in [9.17, 15) is 4.79 Å².